The zero-order valence-corrected chi connectivity index (χ0v) is 15.7. The summed E-state index contributed by atoms with van der Waals surface area (Å²) >= 11 is 0. The summed E-state index contributed by atoms with van der Waals surface area (Å²) in [6.45, 7) is 8.38. The summed E-state index contributed by atoms with van der Waals surface area (Å²) in [5.41, 5.74) is 7.68. The molecule has 0 heterocycles. The van der Waals surface area contributed by atoms with Gasteiger partial charge < -0.3 is 35.3 Å². The number of carbonyl (C=O) groups excluding carboxylic acids is 1. The van der Waals surface area contributed by atoms with Crippen molar-refractivity contribution in [3.63, 3.8) is 0 Å². The minimum atomic E-state index is -0.461. The Kier molecular flexibility index (Phi) is 45.1. The second-order valence-electron chi connectivity index (χ2n) is 3.25. The van der Waals surface area contributed by atoms with E-state index in [1.807, 2.05) is 13.0 Å². The van der Waals surface area contributed by atoms with E-state index < -0.39 is 5.91 Å². The number of allylic oxidation sites excluding steroid dienone is 4. The molecule has 0 aromatic carbocycles. The maximum Gasteiger partial charge on any atom is 4.00 e. The first-order chi connectivity index (χ1) is 7.08. The minimum absolute atomic E-state index is 0. The van der Waals surface area contributed by atoms with Gasteiger partial charge in [0.05, 0.1) is 0 Å². The maximum absolute atomic E-state index is 9.71. The van der Waals surface area contributed by atoms with Crippen LogP contribution in [0.4, 0.5) is 0 Å². The van der Waals surface area contributed by atoms with Gasteiger partial charge in [0.25, 0.3) is 0 Å². The van der Waals surface area contributed by atoms with Gasteiger partial charge in [-0.15, -0.1) is 13.3 Å². The number of amides is 1. The Morgan fingerprint density at radius 1 is 1.44 bits per heavy atom. The molecule has 1 aliphatic rings. The third-order valence-corrected chi connectivity index (χ3v) is 1.35. The van der Waals surface area contributed by atoms with Crippen molar-refractivity contribution in [2.45, 2.75) is 46.2 Å². The van der Waals surface area contributed by atoms with E-state index in [0.717, 1.165) is 22.4 Å². The molecule has 18 heavy (non-hydrogen) atoms. The van der Waals surface area contributed by atoms with Gasteiger partial charge in [0.2, 0.25) is 0 Å². The zero-order valence-electron chi connectivity index (χ0n) is 11.5. The normalized spacial score (nSPS) is 9.89. The monoisotopic (exact) mass is 342 g/mol. The molecule has 1 amide bonds. The van der Waals surface area contributed by atoms with Crippen molar-refractivity contribution in [3.8, 4) is 0 Å². The first-order valence-corrected chi connectivity index (χ1v) is 7.61. The van der Waals surface area contributed by atoms with Crippen LogP contribution in [0.5, 0.6) is 0 Å². The fraction of sp³-hybridized carbons (Fsp3) is 0.583. The van der Waals surface area contributed by atoms with Crippen molar-refractivity contribution < 1.29 is 51.3 Å². The van der Waals surface area contributed by atoms with E-state index in [-0.39, 0.29) is 46.5 Å². The summed E-state index contributed by atoms with van der Waals surface area (Å²) < 4.78 is 0. The standard InChI is InChI=1S/C6H7.C4H9NO.C2H7Si.2ClH.Ti/c1-6-4-2-3-5-6;1-2-3-4(5)6;1-3-2;;;/h4-5H,2H2,1H3;2-3H2,1H3,(H2,5,6);3H,1-2H3;2*1H;/q-1;;;;;+4/p-3. The molecule has 0 bridgehead atoms. The molecule has 2 nitrogen and oxygen atoms in total. The van der Waals surface area contributed by atoms with Crippen LogP contribution in [0.1, 0.15) is 33.1 Å². The topological polar surface area (TPSA) is 40.9 Å². The van der Waals surface area contributed by atoms with Gasteiger partial charge in [-0.25, -0.2) is 11.6 Å². The fourth-order valence-corrected chi connectivity index (χ4v) is 0.726. The Morgan fingerprint density at radius 3 is 1.94 bits per heavy atom. The van der Waals surface area contributed by atoms with E-state index in [4.69, 9.17) is 5.73 Å². The fourth-order valence-electron chi connectivity index (χ4n) is 0.726. The van der Waals surface area contributed by atoms with E-state index >= 15 is 0 Å². The van der Waals surface area contributed by atoms with E-state index in [2.05, 4.69) is 32.2 Å². The molecule has 0 unspecified atom stereocenters. The Hall–Kier alpha value is 0.461. The summed E-state index contributed by atoms with van der Waals surface area (Å²) in [7, 11) is 0.750. The predicted octanol–water partition coefficient (Wildman–Crippen LogP) is -2.41. The molecule has 6 heteroatoms. The van der Waals surface area contributed by atoms with Crippen molar-refractivity contribution in [1.29, 1.82) is 0 Å². The van der Waals surface area contributed by atoms with Crippen LogP contribution in [-0.4, -0.2) is 15.4 Å². The summed E-state index contributed by atoms with van der Waals surface area (Å²) in [6.07, 6.45) is 9.44. The van der Waals surface area contributed by atoms with Crippen LogP contribution in [0.3, 0.4) is 0 Å². The molecule has 0 spiro atoms. The van der Waals surface area contributed by atoms with Crippen LogP contribution >= 0.6 is 0 Å². The Morgan fingerprint density at radius 2 is 1.89 bits per heavy atom. The van der Waals surface area contributed by atoms with Crippen LogP contribution in [0.2, 0.25) is 13.1 Å². The van der Waals surface area contributed by atoms with Gasteiger partial charge in [0.15, 0.2) is 0 Å². The Balaban J connectivity index is -0.0000000455. The second kappa shape index (κ2) is 26.1. The number of carbonyl (C=O) groups is 1. The summed E-state index contributed by atoms with van der Waals surface area (Å²) in [4.78, 5) is 9.71. The van der Waals surface area contributed by atoms with Crippen molar-refractivity contribution in [2.24, 2.45) is 0 Å². The molecule has 1 rings (SSSR count). The van der Waals surface area contributed by atoms with Gasteiger partial charge in [-0.2, -0.15) is 6.08 Å². The number of rotatable bonds is 2. The van der Waals surface area contributed by atoms with Crippen molar-refractivity contribution >= 4 is 15.4 Å². The van der Waals surface area contributed by atoms with Gasteiger partial charge in [-0.05, 0) is 6.42 Å². The summed E-state index contributed by atoms with van der Waals surface area (Å²) in [5, 5.41) is 0. The average Bonchev–Trinajstić information content (AvgIpc) is 2.58. The van der Waals surface area contributed by atoms with Crippen molar-refractivity contribution in [2.75, 3.05) is 0 Å². The third-order valence-electron chi connectivity index (χ3n) is 1.35. The molecular weight excluding hydrogens is 321 g/mol. The van der Waals surface area contributed by atoms with E-state index in [1.54, 1.807) is 0 Å². The molecule has 0 aromatic rings. The molecule has 0 saturated heterocycles. The number of hydrogen-bond acceptors (Lipinski definition) is 1. The molecule has 1 radical (unpaired) electrons. The third kappa shape index (κ3) is 36.0. The Bertz CT molecular complexity index is 221. The molecule has 0 saturated carbocycles. The molecular formula is C12H22Cl2NOSiTi. The summed E-state index contributed by atoms with van der Waals surface area (Å²) in [5.74, 6) is -0.461. The van der Waals surface area contributed by atoms with E-state index in [9.17, 15) is 4.79 Å². The van der Waals surface area contributed by atoms with Gasteiger partial charge >= 0.3 is 21.7 Å². The number of hydrogen-bond donors (Lipinski definition) is 0. The molecule has 0 aliphatic heterocycles. The van der Waals surface area contributed by atoms with E-state index in [1.165, 1.54) is 5.57 Å². The molecule has 0 aromatic heterocycles. The van der Waals surface area contributed by atoms with Crippen molar-refractivity contribution in [1.82, 2.24) is 0 Å². The quantitative estimate of drug-likeness (QED) is 0.407. The van der Waals surface area contributed by atoms with Crippen LogP contribution in [-0.2, 0) is 26.5 Å². The van der Waals surface area contributed by atoms with E-state index in [0.29, 0.717) is 6.42 Å². The molecule has 1 aliphatic carbocycles. The van der Waals surface area contributed by atoms with Crippen LogP contribution < -0.4 is 24.8 Å². The first kappa shape index (κ1) is 31.1. The SMILES string of the molecule is CC1=CC[C-]=C1.CCCC([NH-])=O.C[SiH]C.[Cl-].[Cl-].[Ti+4]. The van der Waals surface area contributed by atoms with Crippen LogP contribution in [0.15, 0.2) is 17.7 Å². The largest absolute Gasteiger partial charge is 4.00 e. The van der Waals surface area contributed by atoms with Gasteiger partial charge in [-0.3, -0.25) is 6.08 Å². The average molecular weight is 343 g/mol. The molecule has 1 N–H and O–H groups in total. The zero-order chi connectivity index (χ0) is 12.1. The van der Waals surface area contributed by atoms with Gasteiger partial charge in [0, 0.05) is 15.4 Å². The Labute approximate surface area is 142 Å². The summed E-state index contributed by atoms with van der Waals surface area (Å²) in [6, 6.07) is 0. The maximum atomic E-state index is 9.71. The predicted molar refractivity (Wildman–Crippen MR) is 69.3 cm³/mol. The molecule has 0 atom stereocenters. The minimum Gasteiger partial charge on any atom is -1.00 e. The van der Waals surface area contributed by atoms with Gasteiger partial charge in [-0.1, -0.05) is 26.4 Å². The number of nitrogens with one attached hydrogen (secondary N) is 1. The number of halogens is 2. The smallest absolute Gasteiger partial charge is 1.00 e. The molecule has 0 fully saturated rings. The molecule has 103 valence electrons. The van der Waals surface area contributed by atoms with Crippen molar-refractivity contribution in [3.05, 3.63) is 29.5 Å². The second-order valence-corrected chi connectivity index (χ2v) is 4.41. The van der Waals surface area contributed by atoms with Crippen LogP contribution in [0, 0.1) is 6.08 Å². The van der Waals surface area contributed by atoms with Gasteiger partial charge in [0.1, 0.15) is 0 Å². The first-order valence-electron chi connectivity index (χ1n) is 5.30. The van der Waals surface area contributed by atoms with Crippen LogP contribution in [0.25, 0.3) is 5.73 Å².